The molecule has 2 rings (SSSR count). The third-order valence-corrected chi connectivity index (χ3v) is 4.36. The van der Waals surface area contributed by atoms with E-state index in [4.69, 9.17) is 9.73 Å². The summed E-state index contributed by atoms with van der Waals surface area (Å²) < 4.78 is 5.79. The lowest BCUT2D eigenvalue weighted by Gasteiger charge is -2.18. The molecule has 0 aliphatic carbocycles. The Bertz CT molecular complexity index is 705. The number of benzene rings is 2. The SMILES string of the molecule is CCNC(=NCc1ccc(OCCCN(C)C)cc1)NC(C)c1ccccc1.I. The number of nitrogens with zero attached hydrogens (tertiary/aromatic N) is 2. The third-order valence-electron chi connectivity index (χ3n) is 4.36. The number of halogens is 1. The third kappa shape index (κ3) is 9.99. The van der Waals surface area contributed by atoms with Gasteiger partial charge in [0.25, 0.3) is 0 Å². The molecule has 0 amide bonds. The van der Waals surface area contributed by atoms with Crippen LogP contribution in [0.25, 0.3) is 0 Å². The van der Waals surface area contributed by atoms with Gasteiger partial charge >= 0.3 is 0 Å². The average molecular weight is 510 g/mol. The molecular weight excluding hydrogens is 475 g/mol. The number of ether oxygens (including phenoxy) is 1. The van der Waals surface area contributed by atoms with Crippen LogP contribution >= 0.6 is 24.0 Å². The largest absolute Gasteiger partial charge is 0.494 e. The van der Waals surface area contributed by atoms with Crippen LogP contribution in [0.2, 0.25) is 0 Å². The van der Waals surface area contributed by atoms with Gasteiger partial charge in [-0.25, -0.2) is 4.99 Å². The summed E-state index contributed by atoms with van der Waals surface area (Å²) >= 11 is 0. The van der Waals surface area contributed by atoms with Gasteiger partial charge in [0.1, 0.15) is 5.75 Å². The highest BCUT2D eigenvalue weighted by Crippen LogP contribution is 2.14. The number of nitrogens with one attached hydrogen (secondary N) is 2. The highest BCUT2D eigenvalue weighted by Gasteiger charge is 2.07. The second-order valence-corrected chi connectivity index (χ2v) is 7.12. The van der Waals surface area contributed by atoms with Crippen LogP contribution in [0.1, 0.15) is 37.4 Å². The predicted molar refractivity (Wildman–Crippen MR) is 133 cm³/mol. The molecule has 2 aromatic carbocycles. The lowest BCUT2D eigenvalue weighted by molar-refractivity contribution is 0.281. The van der Waals surface area contributed by atoms with Crippen LogP contribution in [0, 0.1) is 0 Å². The van der Waals surface area contributed by atoms with Crippen LogP contribution in [0.5, 0.6) is 5.75 Å². The van der Waals surface area contributed by atoms with Gasteiger partial charge in [0.2, 0.25) is 0 Å². The molecule has 1 atom stereocenters. The van der Waals surface area contributed by atoms with Crippen LogP contribution in [0.3, 0.4) is 0 Å². The number of hydrogen-bond donors (Lipinski definition) is 2. The average Bonchev–Trinajstić information content (AvgIpc) is 2.71. The van der Waals surface area contributed by atoms with E-state index >= 15 is 0 Å². The minimum absolute atomic E-state index is 0. The monoisotopic (exact) mass is 510 g/mol. The summed E-state index contributed by atoms with van der Waals surface area (Å²) in [4.78, 5) is 6.89. The first-order chi connectivity index (χ1) is 13.6. The van der Waals surface area contributed by atoms with Crippen LogP contribution < -0.4 is 15.4 Å². The lowest BCUT2D eigenvalue weighted by Crippen LogP contribution is -2.38. The zero-order chi connectivity index (χ0) is 20.2. The van der Waals surface area contributed by atoms with E-state index in [1.807, 2.05) is 18.2 Å². The van der Waals surface area contributed by atoms with E-state index in [0.717, 1.165) is 43.4 Å². The number of hydrogen-bond acceptors (Lipinski definition) is 3. The van der Waals surface area contributed by atoms with Gasteiger partial charge in [-0.15, -0.1) is 24.0 Å². The summed E-state index contributed by atoms with van der Waals surface area (Å²) in [6.07, 6.45) is 1.02. The normalized spacial score (nSPS) is 12.2. The Morgan fingerprint density at radius 3 is 2.38 bits per heavy atom. The Labute approximate surface area is 193 Å². The van der Waals surface area contributed by atoms with Crippen molar-refractivity contribution in [2.45, 2.75) is 32.9 Å². The second-order valence-electron chi connectivity index (χ2n) is 7.12. The number of guanidine groups is 1. The van der Waals surface area contributed by atoms with Crippen molar-refractivity contribution in [3.8, 4) is 5.75 Å². The van der Waals surface area contributed by atoms with Gasteiger partial charge in [0, 0.05) is 13.1 Å². The van der Waals surface area contributed by atoms with Gasteiger partial charge in [-0.05, 0) is 57.6 Å². The quantitative estimate of drug-likeness (QED) is 0.215. The topological polar surface area (TPSA) is 48.9 Å². The van der Waals surface area contributed by atoms with E-state index in [1.54, 1.807) is 0 Å². The standard InChI is InChI=1S/C23H34N4O.HI/c1-5-24-23(26-19(2)21-10-7-6-8-11-21)25-18-20-12-14-22(15-13-20)28-17-9-16-27(3)4;/h6-8,10-15,19H,5,9,16-18H2,1-4H3,(H2,24,25,26);1H. The molecule has 5 nitrogen and oxygen atoms in total. The van der Waals surface area contributed by atoms with Crippen molar-refractivity contribution in [2.75, 3.05) is 33.8 Å². The molecule has 2 N–H and O–H groups in total. The maximum Gasteiger partial charge on any atom is 0.192 e. The highest BCUT2D eigenvalue weighted by molar-refractivity contribution is 14.0. The summed E-state index contributed by atoms with van der Waals surface area (Å²) in [5, 5.41) is 6.79. The van der Waals surface area contributed by atoms with Gasteiger partial charge < -0.3 is 20.3 Å². The minimum atomic E-state index is 0. The molecule has 0 radical (unpaired) electrons. The van der Waals surface area contributed by atoms with Crippen molar-refractivity contribution in [1.82, 2.24) is 15.5 Å². The molecule has 2 aromatic rings. The summed E-state index contributed by atoms with van der Waals surface area (Å²) in [7, 11) is 4.15. The maximum atomic E-state index is 5.79. The Kier molecular flexibility index (Phi) is 12.4. The molecule has 160 valence electrons. The molecule has 0 saturated heterocycles. The molecule has 1 unspecified atom stereocenters. The first kappa shape index (κ1) is 25.2. The maximum absolute atomic E-state index is 5.79. The van der Waals surface area contributed by atoms with E-state index in [0.29, 0.717) is 6.54 Å². The smallest absolute Gasteiger partial charge is 0.192 e. The van der Waals surface area contributed by atoms with E-state index in [2.05, 4.69) is 79.9 Å². The number of aliphatic imine (C=N–C) groups is 1. The fourth-order valence-electron chi connectivity index (χ4n) is 2.78. The fourth-order valence-corrected chi connectivity index (χ4v) is 2.78. The van der Waals surface area contributed by atoms with Gasteiger partial charge in [-0.1, -0.05) is 42.5 Å². The fraction of sp³-hybridized carbons (Fsp3) is 0.435. The molecule has 0 bridgehead atoms. The minimum Gasteiger partial charge on any atom is -0.494 e. The predicted octanol–water partition coefficient (Wildman–Crippen LogP) is 4.45. The summed E-state index contributed by atoms with van der Waals surface area (Å²) in [5.41, 5.74) is 2.40. The van der Waals surface area contributed by atoms with Crippen LogP contribution in [-0.4, -0.2) is 44.7 Å². The Morgan fingerprint density at radius 1 is 1.07 bits per heavy atom. The summed E-state index contributed by atoms with van der Waals surface area (Å²) in [5.74, 6) is 1.73. The zero-order valence-electron chi connectivity index (χ0n) is 18.0. The number of rotatable bonds is 10. The molecule has 0 saturated carbocycles. The van der Waals surface area contributed by atoms with Gasteiger partial charge in [0.05, 0.1) is 19.2 Å². The zero-order valence-corrected chi connectivity index (χ0v) is 20.4. The van der Waals surface area contributed by atoms with Crippen molar-refractivity contribution < 1.29 is 4.74 Å². The van der Waals surface area contributed by atoms with E-state index in [-0.39, 0.29) is 30.0 Å². The summed E-state index contributed by atoms with van der Waals surface area (Å²) in [6, 6.07) is 18.8. The Morgan fingerprint density at radius 2 is 1.76 bits per heavy atom. The van der Waals surface area contributed by atoms with Crippen molar-refractivity contribution in [3.63, 3.8) is 0 Å². The first-order valence-corrected chi connectivity index (χ1v) is 10.0. The van der Waals surface area contributed by atoms with Gasteiger partial charge in [-0.2, -0.15) is 0 Å². The molecule has 0 spiro atoms. The molecule has 0 aliphatic rings. The van der Waals surface area contributed by atoms with E-state index < -0.39 is 0 Å². The first-order valence-electron chi connectivity index (χ1n) is 10.0. The molecule has 0 heterocycles. The van der Waals surface area contributed by atoms with Gasteiger partial charge in [0.15, 0.2) is 5.96 Å². The van der Waals surface area contributed by atoms with Crippen molar-refractivity contribution in [1.29, 1.82) is 0 Å². The van der Waals surface area contributed by atoms with Crippen LogP contribution in [0.15, 0.2) is 59.6 Å². The molecular formula is C23H35IN4O. The van der Waals surface area contributed by atoms with Crippen LogP contribution in [0.4, 0.5) is 0 Å². The van der Waals surface area contributed by atoms with Crippen molar-refractivity contribution >= 4 is 29.9 Å². The molecule has 0 aliphatic heterocycles. The highest BCUT2D eigenvalue weighted by atomic mass is 127. The van der Waals surface area contributed by atoms with E-state index in [1.165, 1.54) is 5.56 Å². The van der Waals surface area contributed by atoms with Gasteiger partial charge in [-0.3, -0.25) is 0 Å². The van der Waals surface area contributed by atoms with Crippen molar-refractivity contribution in [3.05, 3.63) is 65.7 Å². The second kappa shape index (κ2) is 14.2. The molecule has 0 aromatic heterocycles. The van der Waals surface area contributed by atoms with Crippen molar-refractivity contribution in [2.24, 2.45) is 4.99 Å². The summed E-state index contributed by atoms with van der Waals surface area (Å²) in [6.45, 7) is 7.44. The van der Waals surface area contributed by atoms with Crippen LogP contribution in [-0.2, 0) is 6.54 Å². The molecule has 29 heavy (non-hydrogen) atoms. The Hall–Kier alpha value is -1.80. The molecule has 6 heteroatoms. The Balaban J connectivity index is 0.00000420. The molecule has 0 fully saturated rings. The van der Waals surface area contributed by atoms with E-state index in [9.17, 15) is 0 Å². The lowest BCUT2D eigenvalue weighted by atomic mass is 10.1.